The van der Waals surface area contributed by atoms with Crippen LogP contribution in [-0.4, -0.2) is 48.1 Å². The normalized spacial score (nSPS) is 14.9. The summed E-state index contributed by atoms with van der Waals surface area (Å²) in [6.45, 7) is 7.04. The van der Waals surface area contributed by atoms with Crippen molar-refractivity contribution in [3.63, 3.8) is 0 Å². The van der Waals surface area contributed by atoms with Gasteiger partial charge in [0, 0.05) is 51.5 Å². The molecule has 0 N–H and O–H groups in total. The number of hydrogen-bond acceptors (Lipinski definition) is 5. The molecule has 5 heteroatoms. The Bertz CT molecular complexity index is 889. The second-order valence-electron chi connectivity index (χ2n) is 7.27. The lowest BCUT2D eigenvalue weighted by atomic mass is 10.2. The first kappa shape index (κ1) is 18.4. The number of aromatic nitrogens is 2. The molecule has 0 saturated carbocycles. The van der Waals surface area contributed by atoms with Crippen molar-refractivity contribution in [1.29, 1.82) is 0 Å². The molecule has 0 atom stereocenters. The highest BCUT2D eigenvalue weighted by Crippen LogP contribution is 2.25. The minimum atomic E-state index is 0.807. The number of anilines is 3. The fourth-order valence-corrected chi connectivity index (χ4v) is 3.63. The second kappa shape index (κ2) is 8.40. The molecule has 0 aliphatic carbocycles. The summed E-state index contributed by atoms with van der Waals surface area (Å²) in [7, 11) is 2.05. The molecule has 0 radical (unpaired) electrons. The summed E-state index contributed by atoms with van der Waals surface area (Å²) in [6, 6.07) is 23.1. The van der Waals surface area contributed by atoms with Gasteiger partial charge in [0.05, 0.1) is 0 Å². The van der Waals surface area contributed by atoms with E-state index in [4.69, 9.17) is 4.98 Å². The van der Waals surface area contributed by atoms with Gasteiger partial charge in [-0.15, -0.1) is 0 Å². The smallest absolute Gasteiger partial charge is 0.138 e. The maximum Gasteiger partial charge on any atom is 0.138 e. The molecule has 28 heavy (non-hydrogen) atoms. The van der Waals surface area contributed by atoms with Crippen LogP contribution in [0.25, 0.3) is 0 Å². The van der Waals surface area contributed by atoms with Gasteiger partial charge in [0.25, 0.3) is 0 Å². The van der Waals surface area contributed by atoms with Gasteiger partial charge in [-0.05, 0) is 24.6 Å². The standard InChI is InChI=1S/C23H27N5/c1-19-24-22(26(2)21-11-7-4-8-12-21)17-23(25-19)28-15-13-27(14-16-28)18-20-9-5-3-6-10-20/h3-12,17H,13-16,18H2,1-2H3. The number of rotatable bonds is 5. The van der Waals surface area contributed by atoms with Gasteiger partial charge >= 0.3 is 0 Å². The first-order valence-corrected chi connectivity index (χ1v) is 9.85. The average Bonchev–Trinajstić information content (AvgIpc) is 2.75. The first-order valence-electron chi connectivity index (χ1n) is 9.85. The van der Waals surface area contributed by atoms with Gasteiger partial charge in [0.1, 0.15) is 17.5 Å². The van der Waals surface area contributed by atoms with Crippen LogP contribution < -0.4 is 9.80 Å². The summed E-state index contributed by atoms with van der Waals surface area (Å²) in [5.74, 6) is 2.76. The average molecular weight is 374 g/mol. The van der Waals surface area contributed by atoms with Crippen LogP contribution in [0.5, 0.6) is 0 Å². The number of hydrogen-bond donors (Lipinski definition) is 0. The van der Waals surface area contributed by atoms with E-state index >= 15 is 0 Å². The lowest BCUT2D eigenvalue weighted by molar-refractivity contribution is 0.249. The largest absolute Gasteiger partial charge is 0.354 e. The zero-order valence-corrected chi connectivity index (χ0v) is 16.6. The molecule has 144 valence electrons. The lowest BCUT2D eigenvalue weighted by Gasteiger charge is -2.35. The van der Waals surface area contributed by atoms with E-state index in [1.807, 2.05) is 25.1 Å². The third kappa shape index (κ3) is 4.31. The lowest BCUT2D eigenvalue weighted by Crippen LogP contribution is -2.46. The van der Waals surface area contributed by atoms with Crippen molar-refractivity contribution in [3.8, 4) is 0 Å². The number of para-hydroxylation sites is 1. The summed E-state index contributed by atoms with van der Waals surface area (Å²) < 4.78 is 0. The molecule has 1 saturated heterocycles. The van der Waals surface area contributed by atoms with Crippen molar-refractivity contribution in [2.75, 3.05) is 43.0 Å². The molecule has 0 unspecified atom stereocenters. The van der Waals surface area contributed by atoms with Crippen molar-refractivity contribution in [1.82, 2.24) is 14.9 Å². The van der Waals surface area contributed by atoms with E-state index in [2.05, 4.69) is 75.3 Å². The predicted molar refractivity (Wildman–Crippen MR) is 115 cm³/mol. The van der Waals surface area contributed by atoms with Gasteiger partial charge in [-0.1, -0.05) is 48.5 Å². The molecule has 3 aromatic rings. The van der Waals surface area contributed by atoms with Crippen LogP contribution in [0.3, 0.4) is 0 Å². The van der Waals surface area contributed by atoms with Crippen molar-refractivity contribution < 1.29 is 0 Å². The third-order valence-corrected chi connectivity index (χ3v) is 5.24. The maximum atomic E-state index is 4.71. The van der Waals surface area contributed by atoms with Gasteiger partial charge in [0.2, 0.25) is 0 Å². The van der Waals surface area contributed by atoms with Gasteiger partial charge in [0.15, 0.2) is 0 Å². The van der Waals surface area contributed by atoms with Gasteiger partial charge in [-0.25, -0.2) is 9.97 Å². The van der Waals surface area contributed by atoms with E-state index < -0.39 is 0 Å². The van der Waals surface area contributed by atoms with Crippen LogP contribution in [0.4, 0.5) is 17.3 Å². The predicted octanol–water partition coefficient (Wildman–Crippen LogP) is 3.88. The molecule has 2 heterocycles. The fourth-order valence-electron chi connectivity index (χ4n) is 3.63. The monoisotopic (exact) mass is 373 g/mol. The molecule has 1 fully saturated rings. The molecule has 1 aliphatic rings. The zero-order chi connectivity index (χ0) is 19.3. The molecule has 0 spiro atoms. The van der Waals surface area contributed by atoms with Crippen LogP contribution in [0.1, 0.15) is 11.4 Å². The molecule has 0 bridgehead atoms. The van der Waals surface area contributed by atoms with Crippen LogP contribution >= 0.6 is 0 Å². The van der Waals surface area contributed by atoms with Crippen molar-refractivity contribution in [2.45, 2.75) is 13.5 Å². The van der Waals surface area contributed by atoms with E-state index in [1.54, 1.807) is 0 Å². The summed E-state index contributed by atoms with van der Waals surface area (Å²) in [4.78, 5) is 16.4. The first-order chi connectivity index (χ1) is 13.7. The maximum absolute atomic E-state index is 4.71. The highest BCUT2D eigenvalue weighted by Gasteiger charge is 2.20. The molecule has 2 aromatic carbocycles. The molecule has 1 aromatic heterocycles. The molecule has 4 rings (SSSR count). The highest BCUT2D eigenvalue weighted by atomic mass is 15.3. The molecular formula is C23H27N5. The SMILES string of the molecule is Cc1nc(N2CCN(Cc3ccccc3)CC2)cc(N(C)c2ccccc2)n1. The Labute approximate surface area is 167 Å². The quantitative estimate of drug-likeness (QED) is 0.678. The van der Waals surface area contributed by atoms with Crippen molar-refractivity contribution in [3.05, 3.63) is 78.1 Å². The second-order valence-corrected chi connectivity index (χ2v) is 7.27. The van der Waals surface area contributed by atoms with E-state index in [0.29, 0.717) is 0 Å². The van der Waals surface area contributed by atoms with Crippen LogP contribution in [0, 0.1) is 6.92 Å². The van der Waals surface area contributed by atoms with Gasteiger partial charge in [-0.3, -0.25) is 4.90 Å². The minimum Gasteiger partial charge on any atom is -0.354 e. The summed E-state index contributed by atoms with van der Waals surface area (Å²) in [5, 5.41) is 0. The van der Waals surface area contributed by atoms with Gasteiger partial charge < -0.3 is 9.80 Å². The molecule has 5 nitrogen and oxygen atoms in total. The third-order valence-electron chi connectivity index (χ3n) is 5.24. The molecule has 1 aliphatic heterocycles. The zero-order valence-electron chi connectivity index (χ0n) is 16.6. The van der Waals surface area contributed by atoms with E-state index in [9.17, 15) is 0 Å². The number of nitrogens with zero attached hydrogens (tertiary/aromatic N) is 5. The Morgan fingerprint density at radius 2 is 1.50 bits per heavy atom. The Balaban J connectivity index is 1.44. The van der Waals surface area contributed by atoms with Crippen molar-refractivity contribution in [2.24, 2.45) is 0 Å². The van der Waals surface area contributed by atoms with Crippen molar-refractivity contribution >= 4 is 17.3 Å². The minimum absolute atomic E-state index is 0.807. The van der Waals surface area contributed by atoms with Crippen LogP contribution in [0.15, 0.2) is 66.7 Å². The molecule has 0 amide bonds. The van der Waals surface area contributed by atoms with E-state index in [0.717, 1.165) is 55.9 Å². The van der Waals surface area contributed by atoms with E-state index in [-0.39, 0.29) is 0 Å². The molecular weight excluding hydrogens is 346 g/mol. The Kier molecular flexibility index (Phi) is 5.53. The number of benzene rings is 2. The number of piperazine rings is 1. The van der Waals surface area contributed by atoms with Crippen LogP contribution in [-0.2, 0) is 6.54 Å². The summed E-state index contributed by atoms with van der Waals surface area (Å²) in [5.41, 5.74) is 2.50. The Hall–Kier alpha value is -2.92. The summed E-state index contributed by atoms with van der Waals surface area (Å²) >= 11 is 0. The fraction of sp³-hybridized carbons (Fsp3) is 0.304. The Morgan fingerprint density at radius 3 is 2.18 bits per heavy atom. The number of aryl methyl sites for hydroxylation is 1. The Morgan fingerprint density at radius 1 is 0.857 bits per heavy atom. The summed E-state index contributed by atoms with van der Waals surface area (Å²) in [6.07, 6.45) is 0. The van der Waals surface area contributed by atoms with Gasteiger partial charge in [-0.2, -0.15) is 0 Å². The van der Waals surface area contributed by atoms with Crippen LogP contribution in [0.2, 0.25) is 0 Å². The highest BCUT2D eigenvalue weighted by molar-refractivity contribution is 5.62. The van der Waals surface area contributed by atoms with E-state index in [1.165, 1.54) is 5.56 Å². The topological polar surface area (TPSA) is 35.5 Å².